The molecular formula is C12H28N2. The maximum Gasteiger partial charge on any atom is 0.0107 e. The molecule has 86 valence electrons. The molecule has 1 atom stereocenters. The monoisotopic (exact) mass is 200 g/mol. The lowest BCUT2D eigenvalue weighted by atomic mass is 10.0. The van der Waals surface area contributed by atoms with Crippen molar-refractivity contribution in [2.45, 2.75) is 40.0 Å². The van der Waals surface area contributed by atoms with Crippen LogP contribution in [0.4, 0.5) is 0 Å². The van der Waals surface area contributed by atoms with E-state index in [-0.39, 0.29) is 0 Å². The SMILES string of the molecule is CCCC(CC)CN(CC)CCNC. The summed E-state index contributed by atoms with van der Waals surface area (Å²) in [4.78, 5) is 2.56. The molecule has 0 amide bonds. The Hall–Kier alpha value is -0.0800. The zero-order chi connectivity index (χ0) is 10.8. The van der Waals surface area contributed by atoms with Crippen LogP contribution in [0, 0.1) is 5.92 Å². The van der Waals surface area contributed by atoms with Gasteiger partial charge < -0.3 is 10.2 Å². The van der Waals surface area contributed by atoms with Crippen LogP contribution < -0.4 is 5.32 Å². The highest BCUT2D eigenvalue weighted by atomic mass is 15.1. The Labute approximate surface area is 90.1 Å². The van der Waals surface area contributed by atoms with Crippen molar-refractivity contribution in [3.63, 3.8) is 0 Å². The predicted molar refractivity (Wildman–Crippen MR) is 64.7 cm³/mol. The van der Waals surface area contributed by atoms with E-state index in [1.54, 1.807) is 0 Å². The molecule has 1 N–H and O–H groups in total. The van der Waals surface area contributed by atoms with Crippen molar-refractivity contribution in [1.29, 1.82) is 0 Å². The Morgan fingerprint density at radius 1 is 1.21 bits per heavy atom. The minimum absolute atomic E-state index is 0.900. The first-order valence-electron chi connectivity index (χ1n) is 6.15. The number of likely N-dealkylation sites (N-methyl/N-ethyl adjacent to an activating group) is 2. The van der Waals surface area contributed by atoms with Crippen LogP contribution in [-0.2, 0) is 0 Å². The minimum atomic E-state index is 0.900. The largest absolute Gasteiger partial charge is 0.318 e. The number of rotatable bonds is 9. The summed E-state index contributed by atoms with van der Waals surface area (Å²) in [5.74, 6) is 0.900. The van der Waals surface area contributed by atoms with Gasteiger partial charge in [0.15, 0.2) is 0 Å². The molecule has 0 saturated carbocycles. The first kappa shape index (κ1) is 13.9. The molecule has 0 saturated heterocycles. The maximum absolute atomic E-state index is 3.21. The lowest BCUT2D eigenvalue weighted by Gasteiger charge is -2.25. The summed E-state index contributed by atoms with van der Waals surface area (Å²) in [6.07, 6.45) is 4.03. The van der Waals surface area contributed by atoms with Crippen LogP contribution in [0.15, 0.2) is 0 Å². The highest BCUT2D eigenvalue weighted by Crippen LogP contribution is 2.12. The number of hydrogen-bond acceptors (Lipinski definition) is 2. The van der Waals surface area contributed by atoms with Crippen LogP contribution in [0.1, 0.15) is 40.0 Å². The van der Waals surface area contributed by atoms with E-state index in [0.717, 1.165) is 12.5 Å². The Morgan fingerprint density at radius 3 is 2.36 bits per heavy atom. The second-order valence-corrected chi connectivity index (χ2v) is 4.06. The summed E-state index contributed by atoms with van der Waals surface area (Å²) in [5.41, 5.74) is 0. The third-order valence-electron chi connectivity index (χ3n) is 2.92. The molecule has 14 heavy (non-hydrogen) atoms. The summed E-state index contributed by atoms with van der Waals surface area (Å²) in [6.45, 7) is 11.6. The molecule has 0 radical (unpaired) electrons. The normalized spacial score (nSPS) is 13.5. The van der Waals surface area contributed by atoms with Crippen molar-refractivity contribution in [1.82, 2.24) is 10.2 Å². The van der Waals surface area contributed by atoms with E-state index in [2.05, 4.69) is 31.0 Å². The van der Waals surface area contributed by atoms with Crippen LogP contribution in [0.25, 0.3) is 0 Å². The van der Waals surface area contributed by atoms with E-state index in [0.29, 0.717) is 0 Å². The third-order valence-corrected chi connectivity index (χ3v) is 2.92. The van der Waals surface area contributed by atoms with Crippen LogP contribution in [0.2, 0.25) is 0 Å². The molecule has 1 unspecified atom stereocenters. The van der Waals surface area contributed by atoms with Crippen molar-refractivity contribution in [2.75, 3.05) is 33.2 Å². The molecule has 0 bridgehead atoms. The Kier molecular flexibility index (Phi) is 9.42. The zero-order valence-corrected chi connectivity index (χ0v) is 10.5. The number of nitrogens with one attached hydrogen (secondary N) is 1. The first-order chi connectivity index (χ1) is 6.78. The van der Waals surface area contributed by atoms with Crippen LogP contribution in [-0.4, -0.2) is 38.1 Å². The highest BCUT2D eigenvalue weighted by Gasteiger charge is 2.09. The Bertz CT molecular complexity index is 115. The summed E-state index contributed by atoms with van der Waals surface area (Å²) in [6, 6.07) is 0. The van der Waals surface area contributed by atoms with Gasteiger partial charge in [-0.15, -0.1) is 0 Å². The van der Waals surface area contributed by atoms with Gasteiger partial charge in [0.1, 0.15) is 0 Å². The number of hydrogen-bond donors (Lipinski definition) is 1. The highest BCUT2D eigenvalue weighted by molar-refractivity contribution is 4.64. The van der Waals surface area contributed by atoms with Gasteiger partial charge in [-0.2, -0.15) is 0 Å². The van der Waals surface area contributed by atoms with Crippen LogP contribution >= 0.6 is 0 Å². The molecule has 0 heterocycles. The molecule has 0 aromatic rings. The molecule has 0 spiro atoms. The molecule has 0 aromatic carbocycles. The smallest absolute Gasteiger partial charge is 0.0107 e. The van der Waals surface area contributed by atoms with E-state index in [4.69, 9.17) is 0 Å². The average molecular weight is 200 g/mol. The zero-order valence-electron chi connectivity index (χ0n) is 10.5. The standard InChI is InChI=1S/C12H28N2/c1-5-8-12(6-2)11-14(7-3)10-9-13-4/h12-13H,5-11H2,1-4H3. The van der Waals surface area contributed by atoms with Crippen molar-refractivity contribution < 1.29 is 0 Å². The van der Waals surface area contributed by atoms with Gasteiger partial charge in [0, 0.05) is 19.6 Å². The van der Waals surface area contributed by atoms with E-state index in [1.165, 1.54) is 38.9 Å². The van der Waals surface area contributed by atoms with Crippen molar-refractivity contribution in [3.05, 3.63) is 0 Å². The summed E-state index contributed by atoms with van der Waals surface area (Å²) >= 11 is 0. The third kappa shape index (κ3) is 6.39. The summed E-state index contributed by atoms with van der Waals surface area (Å²) in [5, 5.41) is 3.21. The molecule has 0 aliphatic carbocycles. The van der Waals surface area contributed by atoms with Crippen LogP contribution in [0.5, 0.6) is 0 Å². The van der Waals surface area contributed by atoms with Gasteiger partial charge in [0.05, 0.1) is 0 Å². The van der Waals surface area contributed by atoms with Crippen molar-refractivity contribution in [3.8, 4) is 0 Å². The quantitative estimate of drug-likeness (QED) is 0.614. The fourth-order valence-corrected chi connectivity index (χ4v) is 1.85. The van der Waals surface area contributed by atoms with Gasteiger partial charge in [0.2, 0.25) is 0 Å². The fourth-order valence-electron chi connectivity index (χ4n) is 1.85. The van der Waals surface area contributed by atoms with Gasteiger partial charge >= 0.3 is 0 Å². The van der Waals surface area contributed by atoms with Crippen molar-refractivity contribution >= 4 is 0 Å². The fraction of sp³-hybridized carbons (Fsp3) is 1.00. The van der Waals surface area contributed by atoms with E-state index >= 15 is 0 Å². The molecule has 0 aliphatic rings. The Morgan fingerprint density at radius 2 is 1.93 bits per heavy atom. The van der Waals surface area contributed by atoms with Gasteiger partial charge in [-0.05, 0) is 25.9 Å². The Balaban J connectivity index is 3.75. The molecule has 2 heteroatoms. The predicted octanol–water partition coefficient (Wildman–Crippen LogP) is 2.35. The second-order valence-electron chi connectivity index (χ2n) is 4.06. The molecular weight excluding hydrogens is 172 g/mol. The average Bonchev–Trinajstić information content (AvgIpc) is 2.22. The lowest BCUT2D eigenvalue weighted by molar-refractivity contribution is 0.231. The van der Waals surface area contributed by atoms with E-state index in [9.17, 15) is 0 Å². The van der Waals surface area contributed by atoms with Crippen molar-refractivity contribution in [2.24, 2.45) is 5.92 Å². The molecule has 2 nitrogen and oxygen atoms in total. The molecule has 0 aliphatic heterocycles. The maximum atomic E-state index is 3.21. The molecule has 0 fully saturated rings. The topological polar surface area (TPSA) is 15.3 Å². The second kappa shape index (κ2) is 9.47. The van der Waals surface area contributed by atoms with E-state index < -0.39 is 0 Å². The molecule has 0 aromatic heterocycles. The first-order valence-corrected chi connectivity index (χ1v) is 6.15. The van der Waals surface area contributed by atoms with E-state index in [1.807, 2.05) is 7.05 Å². The number of nitrogens with zero attached hydrogens (tertiary/aromatic N) is 1. The van der Waals surface area contributed by atoms with Gasteiger partial charge in [-0.3, -0.25) is 0 Å². The summed E-state index contributed by atoms with van der Waals surface area (Å²) < 4.78 is 0. The minimum Gasteiger partial charge on any atom is -0.318 e. The van der Waals surface area contributed by atoms with Crippen LogP contribution in [0.3, 0.4) is 0 Å². The molecule has 0 rings (SSSR count). The van der Waals surface area contributed by atoms with Gasteiger partial charge in [-0.25, -0.2) is 0 Å². The van der Waals surface area contributed by atoms with Gasteiger partial charge in [-0.1, -0.05) is 33.6 Å². The summed E-state index contributed by atoms with van der Waals surface area (Å²) in [7, 11) is 2.02. The van der Waals surface area contributed by atoms with Gasteiger partial charge in [0.25, 0.3) is 0 Å². The lowest BCUT2D eigenvalue weighted by Crippen LogP contribution is -2.34.